The smallest absolute Gasteiger partial charge is 0.264 e. The number of aromatic amines is 1. The van der Waals surface area contributed by atoms with Gasteiger partial charge in [0, 0.05) is 55.1 Å². The maximum absolute atomic E-state index is 13.1. The van der Waals surface area contributed by atoms with E-state index in [1.165, 1.54) is 11.3 Å². The lowest BCUT2D eigenvalue weighted by Gasteiger charge is -2.20. The minimum atomic E-state index is -0.0743. The number of nitriles is 1. The molecule has 0 aliphatic heterocycles. The van der Waals surface area contributed by atoms with Crippen LogP contribution in [0.3, 0.4) is 0 Å². The number of aromatic nitrogens is 3. The van der Waals surface area contributed by atoms with E-state index in [0.29, 0.717) is 24.4 Å². The summed E-state index contributed by atoms with van der Waals surface area (Å²) in [5.41, 5.74) is 2.81. The summed E-state index contributed by atoms with van der Waals surface area (Å²) in [6.07, 6.45) is 7.35. The van der Waals surface area contributed by atoms with Gasteiger partial charge in [-0.25, -0.2) is 4.98 Å². The van der Waals surface area contributed by atoms with Gasteiger partial charge >= 0.3 is 0 Å². The van der Waals surface area contributed by atoms with E-state index in [1.807, 2.05) is 42.6 Å². The van der Waals surface area contributed by atoms with Gasteiger partial charge < -0.3 is 9.88 Å². The van der Waals surface area contributed by atoms with Crippen molar-refractivity contribution in [3.05, 3.63) is 71.6 Å². The fourth-order valence-electron chi connectivity index (χ4n) is 3.08. The molecule has 0 saturated carbocycles. The van der Waals surface area contributed by atoms with Gasteiger partial charge in [0.05, 0.1) is 17.4 Å². The molecule has 0 unspecified atom stereocenters. The minimum Gasteiger partial charge on any atom is -0.346 e. The average molecular weight is 389 g/mol. The third kappa shape index (κ3) is 3.63. The van der Waals surface area contributed by atoms with Crippen LogP contribution in [0.5, 0.6) is 0 Å². The molecule has 6 nitrogen and oxygen atoms in total. The number of rotatable bonds is 6. The fourth-order valence-corrected chi connectivity index (χ4v) is 4.09. The summed E-state index contributed by atoms with van der Waals surface area (Å²) in [6.45, 7) is 0.813. The first kappa shape index (κ1) is 17.9. The Morgan fingerprint density at radius 3 is 3.00 bits per heavy atom. The third-order valence-corrected chi connectivity index (χ3v) is 5.53. The van der Waals surface area contributed by atoms with Crippen molar-refractivity contribution in [3.63, 3.8) is 0 Å². The molecule has 4 aromatic heterocycles. The van der Waals surface area contributed by atoms with E-state index in [1.54, 1.807) is 23.5 Å². The van der Waals surface area contributed by atoms with Gasteiger partial charge in [-0.1, -0.05) is 6.07 Å². The average Bonchev–Trinajstić information content (AvgIpc) is 3.40. The number of carbonyl (C=O) groups is 1. The first-order chi connectivity index (χ1) is 13.8. The second-order valence-electron chi connectivity index (χ2n) is 6.26. The van der Waals surface area contributed by atoms with Crippen molar-refractivity contribution in [2.24, 2.45) is 0 Å². The number of fused-ring (bicyclic) bond motifs is 1. The molecule has 0 fully saturated rings. The maximum atomic E-state index is 13.1. The largest absolute Gasteiger partial charge is 0.346 e. The lowest BCUT2D eigenvalue weighted by molar-refractivity contribution is 0.0751. The number of thiophene rings is 1. The van der Waals surface area contributed by atoms with Crippen molar-refractivity contribution in [2.75, 3.05) is 6.54 Å². The van der Waals surface area contributed by atoms with Gasteiger partial charge in [0.25, 0.3) is 5.91 Å². The number of carbonyl (C=O) groups excluding carboxylic acids is 1. The molecule has 0 atom stereocenters. The molecule has 4 heterocycles. The Morgan fingerprint density at radius 1 is 1.25 bits per heavy atom. The summed E-state index contributed by atoms with van der Waals surface area (Å²) in [7, 11) is 0. The van der Waals surface area contributed by atoms with Crippen LogP contribution in [0.4, 0.5) is 0 Å². The van der Waals surface area contributed by atoms with Gasteiger partial charge in [-0.05, 0) is 35.9 Å². The Balaban J connectivity index is 0.00000240. The highest BCUT2D eigenvalue weighted by molar-refractivity contribution is 7.17. The van der Waals surface area contributed by atoms with Crippen molar-refractivity contribution in [1.29, 1.82) is 5.26 Å². The molecule has 28 heavy (non-hydrogen) atoms. The molecule has 0 aliphatic carbocycles. The van der Waals surface area contributed by atoms with Gasteiger partial charge in [0.2, 0.25) is 0 Å². The van der Waals surface area contributed by atoms with Gasteiger partial charge in [0.15, 0.2) is 0 Å². The third-order valence-electron chi connectivity index (χ3n) is 4.42. The van der Waals surface area contributed by atoms with Crippen LogP contribution in [-0.4, -0.2) is 32.3 Å². The van der Waals surface area contributed by atoms with Crippen molar-refractivity contribution >= 4 is 28.3 Å². The predicted octanol–water partition coefficient (Wildman–Crippen LogP) is 4.49. The highest BCUT2D eigenvalue weighted by atomic mass is 32.1. The van der Waals surface area contributed by atoms with Crippen molar-refractivity contribution in [1.82, 2.24) is 19.9 Å². The van der Waals surface area contributed by atoms with E-state index < -0.39 is 0 Å². The number of H-pyrrole nitrogens is 1. The molecule has 0 spiro atoms. The molecule has 0 radical (unpaired) electrons. The number of nitrogens with zero attached hydrogens (tertiary/aromatic N) is 4. The van der Waals surface area contributed by atoms with Crippen LogP contribution >= 0.6 is 11.3 Å². The molecule has 140 valence electrons. The highest BCUT2D eigenvalue weighted by Crippen LogP contribution is 2.33. The normalized spacial score (nSPS) is 10.7. The highest BCUT2D eigenvalue weighted by Gasteiger charge is 2.19. The Morgan fingerprint density at radius 2 is 2.18 bits per heavy atom. The summed E-state index contributed by atoms with van der Waals surface area (Å²) in [6, 6.07) is 13.7. The zero-order valence-corrected chi connectivity index (χ0v) is 15.8. The van der Waals surface area contributed by atoms with E-state index in [0.717, 1.165) is 27.0 Å². The summed E-state index contributed by atoms with van der Waals surface area (Å²) in [5.74, 6) is -0.0743. The summed E-state index contributed by atoms with van der Waals surface area (Å²) < 4.78 is 0. The standard InChI is InChI=1S/C21H17N5OS.H2/c22-8-2-12-26(14-15-3-1-9-23-13-15)21(27)19-5-4-18(28-19)16-6-10-24-20-17(16)7-11-25-20;/h1,3-7,9-11,13H,2,12,14H2,(H,24,25);1H. The molecule has 0 aliphatic rings. The van der Waals surface area contributed by atoms with Gasteiger partial charge in [-0.3, -0.25) is 9.78 Å². The van der Waals surface area contributed by atoms with Crippen molar-refractivity contribution in [3.8, 4) is 16.5 Å². The first-order valence-electron chi connectivity index (χ1n) is 8.83. The van der Waals surface area contributed by atoms with Gasteiger partial charge in [0.1, 0.15) is 5.65 Å². The Hall–Kier alpha value is -3.50. The van der Waals surface area contributed by atoms with Gasteiger partial charge in [-0.15, -0.1) is 11.3 Å². The second kappa shape index (κ2) is 8.03. The van der Waals surface area contributed by atoms with Crippen LogP contribution in [0.1, 0.15) is 23.1 Å². The number of nitrogens with one attached hydrogen (secondary N) is 1. The number of hydrogen-bond acceptors (Lipinski definition) is 5. The Kier molecular flexibility index (Phi) is 5.13. The number of pyridine rings is 2. The maximum Gasteiger partial charge on any atom is 0.264 e. The lowest BCUT2D eigenvalue weighted by atomic mass is 10.1. The molecule has 1 amide bonds. The number of amides is 1. The number of hydrogen-bond donors (Lipinski definition) is 1. The van der Waals surface area contributed by atoms with Crippen LogP contribution in [0.25, 0.3) is 21.5 Å². The SMILES string of the molecule is N#CCCN(Cc1cccnc1)C(=O)c1ccc(-c2ccnc3[nH]ccc23)s1.[HH]. The van der Waals surface area contributed by atoms with Crippen LogP contribution in [0.2, 0.25) is 0 Å². The van der Waals surface area contributed by atoms with Crippen molar-refractivity contribution in [2.45, 2.75) is 13.0 Å². The van der Waals surface area contributed by atoms with E-state index >= 15 is 0 Å². The molecule has 1 N–H and O–H groups in total. The molecular weight excluding hydrogens is 370 g/mol. The van der Waals surface area contributed by atoms with E-state index in [4.69, 9.17) is 5.26 Å². The van der Waals surface area contributed by atoms with Gasteiger partial charge in [-0.2, -0.15) is 5.26 Å². The zero-order chi connectivity index (χ0) is 19.3. The lowest BCUT2D eigenvalue weighted by Crippen LogP contribution is -2.30. The Labute approximate surface area is 167 Å². The molecular formula is C21H19N5OS. The molecule has 0 aromatic carbocycles. The Bertz CT molecular complexity index is 1150. The van der Waals surface area contributed by atoms with Crippen LogP contribution in [0, 0.1) is 11.3 Å². The first-order valence-corrected chi connectivity index (χ1v) is 9.65. The molecule has 0 bridgehead atoms. The molecule has 0 saturated heterocycles. The fraction of sp³-hybridized carbons (Fsp3) is 0.143. The summed E-state index contributed by atoms with van der Waals surface area (Å²) in [4.78, 5) is 28.0. The van der Waals surface area contributed by atoms with Crippen LogP contribution < -0.4 is 0 Å². The van der Waals surface area contributed by atoms with Crippen molar-refractivity contribution < 1.29 is 6.22 Å². The van der Waals surface area contributed by atoms with E-state index in [-0.39, 0.29) is 7.33 Å². The molecule has 4 aromatic rings. The minimum absolute atomic E-state index is 0. The second-order valence-corrected chi connectivity index (χ2v) is 7.34. The summed E-state index contributed by atoms with van der Waals surface area (Å²) >= 11 is 1.45. The summed E-state index contributed by atoms with van der Waals surface area (Å²) in [5, 5.41) is 9.99. The van der Waals surface area contributed by atoms with Crippen LogP contribution in [-0.2, 0) is 6.54 Å². The monoisotopic (exact) mass is 389 g/mol. The predicted molar refractivity (Wildman–Crippen MR) is 111 cm³/mol. The van der Waals surface area contributed by atoms with E-state index in [9.17, 15) is 4.79 Å². The topological polar surface area (TPSA) is 85.7 Å². The molecule has 7 heteroatoms. The van der Waals surface area contributed by atoms with E-state index in [2.05, 4.69) is 21.0 Å². The molecule has 4 rings (SSSR count). The van der Waals surface area contributed by atoms with Crippen LogP contribution in [0.15, 0.2) is 61.2 Å². The quantitative estimate of drug-likeness (QED) is 0.526. The zero-order valence-electron chi connectivity index (χ0n) is 15.0.